The molecule has 0 spiro atoms. The van der Waals surface area contributed by atoms with E-state index in [1.54, 1.807) is 38.2 Å². The summed E-state index contributed by atoms with van der Waals surface area (Å²) in [5.41, 5.74) is -0.728. The van der Waals surface area contributed by atoms with E-state index in [0.717, 1.165) is 0 Å². The van der Waals surface area contributed by atoms with E-state index in [-0.39, 0.29) is 17.2 Å². The van der Waals surface area contributed by atoms with Crippen LogP contribution in [0.4, 0.5) is 25.1 Å². The van der Waals surface area contributed by atoms with Crippen LogP contribution < -0.4 is 10.6 Å². The van der Waals surface area contributed by atoms with E-state index in [1.165, 1.54) is 23.0 Å². The maximum Gasteiger partial charge on any atom is 0.413 e. The van der Waals surface area contributed by atoms with Gasteiger partial charge in [0.25, 0.3) is 5.91 Å². The molecule has 2 heterocycles. The van der Waals surface area contributed by atoms with E-state index in [0.29, 0.717) is 16.3 Å². The summed E-state index contributed by atoms with van der Waals surface area (Å²) < 4.78 is 33.9. The molecule has 0 bridgehead atoms. The number of amides is 2. The molecule has 2 N–H and O–H groups in total. The van der Waals surface area contributed by atoms with Gasteiger partial charge in [0, 0.05) is 30.5 Å². The Kier molecular flexibility index (Phi) is 6.47. The minimum absolute atomic E-state index is 0.229. The third kappa shape index (κ3) is 4.84. The highest BCUT2D eigenvalue weighted by Crippen LogP contribution is 2.39. The number of aromatic nitrogens is 4. The number of nitrogens with one attached hydrogen (secondary N) is 2. The lowest BCUT2D eigenvalue weighted by Crippen LogP contribution is -2.50. The molecule has 1 fully saturated rings. The van der Waals surface area contributed by atoms with Gasteiger partial charge in [-0.25, -0.2) is 18.3 Å². The summed E-state index contributed by atoms with van der Waals surface area (Å²) in [6.45, 7) is 1.69. The number of pyridine rings is 1. The molecule has 2 amide bonds. The molecule has 1 aliphatic carbocycles. The molecule has 0 unspecified atom stereocenters. The predicted octanol–water partition coefficient (Wildman–Crippen LogP) is 4.62. The van der Waals surface area contributed by atoms with Gasteiger partial charge in [0.2, 0.25) is 0 Å². The van der Waals surface area contributed by atoms with Crippen LogP contribution in [0.5, 0.6) is 0 Å². The molecule has 12 heteroatoms. The van der Waals surface area contributed by atoms with Crippen LogP contribution in [-0.4, -0.2) is 43.8 Å². The summed E-state index contributed by atoms with van der Waals surface area (Å²) in [4.78, 5) is 28.7. The highest BCUT2D eigenvalue weighted by atomic mass is 35.5. The number of benzene rings is 1. The van der Waals surface area contributed by atoms with E-state index in [1.807, 2.05) is 0 Å². The molecule has 3 aromatic rings. The van der Waals surface area contributed by atoms with Crippen molar-refractivity contribution in [1.82, 2.24) is 20.0 Å². The molecule has 9 nitrogen and oxygen atoms in total. The highest BCUT2D eigenvalue weighted by molar-refractivity contribution is 6.31. The number of hydrogen-bond acceptors (Lipinski definition) is 6. The fourth-order valence-corrected chi connectivity index (χ4v) is 3.79. The quantitative estimate of drug-likeness (QED) is 0.521. The summed E-state index contributed by atoms with van der Waals surface area (Å²) in [7, 11) is 1.58. The number of nitrogens with zero attached hydrogens (tertiary/aromatic N) is 4. The number of carbonyl (C=O) groups excluding carboxylic acids is 2. The summed E-state index contributed by atoms with van der Waals surface area (Å²) in [5.74, 6) is -0.681. The van der Waals surface area contributed by atoms with Gasteiger partial charge in [-0.05, 0) is 25.1 Å². The first kappa shape index (κ1) is 23.6. The van der Waals surface area contributed by atoms with Gasteiger partial charge in [-0.1, -0.05) is 35.0 Å². The Hall–Kier alpha value is -3.60. The van der Waals surface area contributed by atoms with Crippen molar-refractivity contribution in [2.45, 2.75) is 37.7 Å². The molecule has 1 saturated carbocycles. The van der Waals surface area contributed by atoms with Gasteiger partial charge in [-0.15, -0.1) is 5.10 Å². The lowest BCUT2D eigenvalue weighted by molar-refractivity contribution is -0.137. The molecule has 4 rings (SSSR count). The zero-order valence-electron chi connectivity index (χ0n) is 18.3. The van der Waals surface area contributed by atoms with Gasteiger partial charge in [0.1, 0.15) is 12.3 Å². The maximum absolute atomic E-state index is 14.2. The van der Waals surface area contributed by atoms with Crippen molar-refractivity contribution in [3.8, 4) is 11.4 Å². The molecule has 1 aromatic carbocycles. The minimum Gasteiger partial charge on any atom is -0.441 e. The van der Waals surface area contributed by atoms with Crippen LogP contribution in [-0.2, 0) is 16.6 Å². The second kappa shape index (κ2) is 9.34. The maximum atomic E-state index is 14.2. The lowest BCUT2D eigenvalue weighted by Gasteiger charge is -2.35. The van der Waals surface area contributed by atoms with Crippen LogP contribution in [0.3, 0.4) is 0 Å². The Morgan fingerprint density at radius 1 is 1.24 bits per heavy atom. The average molecular weight is 491 g/mol. The molecule has 0 saturated heterocycles. The fraction of sp³-hybridized carbons (Fsp3) is 0.318. The topological polar surface area (TPSA) is 111 Å². The zero-order valence-corrected chi connectivity index (χ0v) is 19.0. The Morgan fingerprint density at radius 2 is 1.97 bits per heavy atom. The summed E-state index contributed by atoms with van der Waals surface area (Å²) >= 11 is 6.16. The SMILES string of the molecule is C[C@@H](OC(=O)Nc1c(-c2ccc(NC(=O)C3(F)CC(F)C3)cn2)nnn1C)c1ccccc1Cl. The molecule has 1 aliphatic rings. The summed E-state index contributed by atoms with van der Waals surface area (Å²) in [6.07, 6.45) is -2.27. The molecule has 1 atom stereocenters. The molecule has 2 aromatic heterocycles. The van der Waals surface area contributed by atoms with E-state index >= 15 is 0 Å². The molecule has 0 aliphatic heterocycles. The van der Waals surface area contributed by atoms with Gasteiger partial charge in [0.05, 0.1) is 17.6 Å². The highest BCUT2D eigenvalue weighted by Gasteiger charge is 2.51. The van der Waals surface area contributed by atoms with Crippen molar-refractivity contribution in [2.75, 3.05) is 10.6 Å². The van der Waals surface area contributed by atoms with Crippen LogP contribution in [0.15, 0.2) is 42.6 Å². The number of halogens is 3. The third-order valence-electron chi connectivity index (χ3n) is 5.44. The van der Waals surface area contributed by atoms with E-state index < -0.39 is 42.8 Å². The van der Waals surface area contributed by atoms with Gasteiger partial charge < -0.3 is 10.1 Å². The average Bonchev–Trinajstić information content (AvgIpc) is 3.13. The third-order valence-corrected chi connectivity index (χ3v) is 5.78. The fourth-order valence-electron chi connectivity index (χ4n) is 3.50. The normalized spacial score (nSPS) is 20.2. The Labute approximate surface area is 198 Å². The number of rotatable bonds is 6. The molecule has 0 radical (unpaired) electrons. The van der Waals surface area contributed by atoms with Gasteiger partial charge in [0.15, 0.2) is 17.2 Å². The van der Waals surface area contributed by atoms with E-state index in [9.17, 15) is 18.4 Å². The molecule has 178 valence electrons. The Bertz CT molecular complexity index is 1210. The van der Waals surface area contributed by atoms with Crippen LogP contribution in [0, 0.1) is 0 Å². The number of ether oxygens (including phenoxy) is 1. The second-order valence-corrected chi connectivity index (χ2v) is 8.37. The molecular formula is C22H21ClF2N6O3. The van der Waals surface area contributed by atoms with Crippen molar-refractivity contribution in [3.05, 3.63) is 53.2 Å². The Morgan fingerprint density at radius 3 is 2.62 bits per heavy atom. The Balaban J connectivity index is 1.43. The summed E-state index contributed by atoms with van der Waals surface area (Å²) in [5, 5.41) is 13.4. The van der Waals surface area contributed by atoms with Crippen molar-refractivity contribution >= 4 is 35.1 Å². The van der Waals surface area contributed by atoms with Crippen molar-refractivity contribution in [1.29, 1.82) is 0 Å². The van der Waals surface area contributed by atoms with Crippen LogP contribution in [0.1, 0.15) is 31.4 Å². The smallest absolute Gasteiger partial charge is 0.413 e. The first-order valence-electron chi connectivity index (χ1n) is 10.4. The number of aryl methyl sites for hydroxylation is 1. The molecular weight excluding hydrogens is 470 g/mol. The van der Waals surface area contributed by atoms with Crippen LogP contribution in [0.25, 0.3) is 11.4 Å². The number of alkyl halides is 2. The standard InChI is InChI=1S/C22H21ClF2N6O3/c1-12(15-5-3-4-6-16(15)23)34-21(33)28-19-18(29-30-31(19)2)17-8-7-14(11-26-17)27-20(32)22(25)9-13(24)10-22/h3-8,11-13H,9-10H2,1-2H3,(H,27,32)(H,28,33)/t12-,13?,22?/m1/s1. The largest absolute Gasteiger partial charge is 0.441 e. The van der Waals surface area contributed by atoms with Crippen LogP contribution >= 0.6 is 11.6 Å². The van der Waals surface area contributed by atoms with Gasteiger partial charge >= 0.3 is 6.09 Å². The second-order valence-electron chi connectivity index (χ2n) is 7.96. The van der Waals surface area contributed by atoms with Gasteiger partial charge in [-0.3, -0.25) is 15.1 Å². The molecule has 34 heavy (non-hydrogen) atoms. The number of anilines is 2. The van der Waals surface area contributed by atoms with Crippen molar-refractivity contribution in [2.24, 2.45) is 7.05 Å². The van der Waals surface area contributed by atoms with Crippen LogP contribution in [0.2, 0.25) is 5.02 Å². The first-order valence-corrected chi connectivity index (χ1v) is 10.8. The lowest BCUT2D eigenvalue weighted by atomic mass is 9.79. The van der Waals surface area contributed by atoms with Crippen molar-refractivity contribution < 1.29 is 23.1 Å². The van der Waals surface area contributed by atoms with Gasteiger partial charge in [-0.2, -0.15) is 0 Å². The predicted molar refractivity (Wildman–Crippen MR) is 121 cm³/mol. The van der Waals surface area contributed by atoms with Crippen molar-refractivity contribution in [3.63, 3.8) is 0 Å². The minimum atomic E-state index is -2.21. The summed E-state index contributed by atoms with van der Waals surface area (Å²) in [6, 6.07) is 10.0. The monoisotopic (exact) mass is 490 g/mol. The first-order chi connectivity index (χ1) is 16.2. The zero-order chi connectivity index (χ0) is 24.5. The number of carbonyl (C=O) groups is 2. The van der Waals surface area contributed by atoms with E-state index in [4.69, 9.17) is 16.3 Å². The number of hydrogen-bond donors (Lipinski definition) is 2. The van der Waals surface area contributed by atoms with E-state index in [2.05, 4.69) is 25.9 Å².